The summed E-state index contributed by atoms with van der Waals surface area (Å²) in [6, 6.07) is 15.4. The molecule has 5 nitrogen and oxygen atoms in total. The molecule has 0 bridgehead atoms. The second kappa shape index (κ2) is 7.79. The molecule has 1 aliphatic heterocycles. The van der Waals surface area contributed by atoms with Gasteiger partial charge in [0, 0.05) is 25.1 Å². The van der Waals surface area contributed by atoms with E-state index in [1.807, 2.05) is 23.1 Å². The van der Waals surface area contributed by atoms with Crippen LogP contribution in [0.4, 0.5) is 0 Å². The van der Waals surface area contributed by atoms with E-state index >= 15 is 0 Å². The lowest BCUT2D eigenvalue weighted by molar-refractivity contribution is 0.0775. The molecular formula is C21H25NO4. The number of aliphatic hydroxyl groups is 1. The molecule has 1 atom stereocenters. The van der Waals surface area contributed by atoms with Crippen molar-refractivity contribution < 1.29 is 19.4 Å². The first-order valence-corrected chi connectivity index (χ1v) is 8.81. The largest absolute Gasteiger partial charge is 0.497 e. The lowest BCUT2D eigenvalue weighted by Crippen LogP contribution is -2.35. The summed E-state index contributed by atoms with van der Waals surface area (Å²) in [7, 11) is 3.14. The van der Waals surface area contributed by atoms with Crippen LogP contribution in [-0.2, 0) is 5.41 Å². The van der Waals surface area contributed by atoms with Gasteiger partial charge in [0.2, 0.25) is 0 Å². The first-order chi connectivity index (χ1) is 12.6. The van der Waals surface area contributed by atoms with Crippen LogP contribution in [0.15, 0.2) is 48.5 Å². The van der Waals surface area contributed by atoms with Crippen molar-refractivity contribution in [2.75, 3.05) is 33.9 Å². The summed E-state index contributed by atoms with van der Waals surface area (Å²) in [5.74, 6) is 1.09. The Morgan fingerprint density at radius 1 is 1.15 bits per heavy atom. The number of methoxy groups -OCH3 is 2. The molecule has 1 N–H and O–H groups in total. The molecule has 1 fully saturated rings. The van der Waals surface area contributed by atoms with E-state index in [1.165, 1.54) is 5.56 Å². The smallest absolute Gasteiger partial charge is 0.257 e. The Kier molecular flexibility index (Phi) is 5.47. The molecule has 3 rings (SSSR count). The molecule has 0 aliphatic carbocycles. The van der Waals surface area contributed by atoms with Gasteiger partial charge in [0.25, 0.3) is 5.91 Å². The van der Waals surface area contributed by atoms with Gasteiger partial charge >= 0.3 is 0 Å². The Balaban J connectivity index is 1.89. The van der Waals surface area contributed by atoms with Gasteiger partial charge in [0.05, 0.1) is 19.8 Å². The summed E-state index contributed by atoms with van der Waals surface area (Å²) < 4.78 is 10.6. The van der Waals surface area contributed by atoms with Gasteiger partial charge in [-0.2, -0.15) is 0 Å². The third kappa shape index (κ3) is 3.40. The molecule has 138 valence electrons. The molecule has 0 saturated carbocycles. The maximum atomic E-state index is 13.1. The first kappa shape index (κ1) is 18.3. The zero-order chi connectivity index (χ0) is 18.6. The average molecular weight is 355 g/mol. The van der Waals surface area contributed by atoms with Gasteiger partial charge in [0.15, 0.2) is 0 Å². The highest BCUT2D eigenvalue weighted by Crippen LogP contribution is 2.39. The van der Waals surface area contributed by atoms with Crippen molar-refractivity contribution in [3.05, 3.63) is 59.7 Å². The van der Waals surface area contributed by atoms with Crippen LogP contribution in [-0.4, -0.2) is 49.8 Å². The molecule has 1 aliphatic rings. The lowest BCUT2D eigenvalue weighted by atomic mass is 9.77. The number of nitrogens with zero attached hydrogens (tertiary/aromatic N) is 1. The average Bonchev–Trinajstić information content (AvgIpc) is 3.13. The van der Waals surface area contributed by atoms with Crippen molar-refractivity contribution in [3.8, 4) is 11.5 Å². The second-order valence-corrected chi connectivity index (χ2v) is 6.66. The van der Waals surface area contributed by atoms with Crippen LogP contribution < -0.4 is 9.47 Å². The van der Waals surface area contributed by atoms with E-state index in [4.69, 9.17) is 9.47 Å². The molecular weight excluding hydrogens is 330 g/mol. The van der Waals surface area contributed by atoms with Crippen LogP contribution in [0, 0.1) is 0 Å². The number of carbonyl (C=O) groups excluding carboxylic acids is 1. The number of hydrogen-bond acceptors (Lipinski definition) is 4. The number of likely N-dealkylation sites (tertiary alicyclic amines) is 1. The number of aliphatic hydroxyl groups excluding tert-OH is 1. The molecule has 1 heterocycles. The Morgan fingerprint density at radius 3 is 2.58 bits per heavy atom. The number of rotatable bonds is 6. The van der Waals surface area contributed by atoms with Crippen molar-refractivity contribution >= 4 is 5.91 Å². The summed E-state index contributed by atoms with van der Waals surface area (Å²) in [6.45, 7) is 1.32. The Bertz CT molecular complexity index is 762. The fourth-order valence-corrected chi connectivity index (χ4v) is 3.79. The van der Waals surface area contributed by atoms with Crippen LogP contribution in [0.25, 0.3) is 0 Å². The maximum Gasteiger partial charge on any atom is 0.257 e. The van der Waals surface area contributed by atoms with E-state index in [-0.39, 0.29) is 17.9 Å². The van der Waals surface area contributed by atoms with E-state index in [0.29, 0.717) is 36.6 Å². The van der Waals surface area contributed by atoms with Crippen molar-refractivity contribution in [1.29, 1.82) is 0 Å². The highest BCUT2D eigenvalue weighted by Gasteiger charge is 2.41. The second-order valence-electron chi connectivity index (χ2n) is 6.66. The molecule has 2 aromatic carbocycles. The van der Waals surface area contributed by atoms with E-state index < -0.39 is 0 Å². The van der Waals surface area contributed by atoms with Crippen LogP contribution in [0.5, 0.6) is 11.5 Å². The van der Waals surface area contributed by atoms with Gasteiger partial charge in [-0.15, -0.1) is 0 Å². The predicted molar refractivity (Wildman–Crippen MR) is 99.9 cm³/mol. The minimum Gasteiger partial charge on any atom is -0.497 e. The SMILES string of the molecule is COc1ccc(OC)c(C(=O)N2CCC(CCO)(c3ccccc3)C2)c1. The van der Waals surface area contributed by atoms with Gasteiger partial charge in [-0.05, 0) is 36.6 Å². The van der Waals surface area contributed by atoms with Crippen molar-refractivity contribution in [2.24, 2.45) is 0 Å². The maximum absolute atomic E-state index is 13.1. The molecule has 0 radical (unpaired) electrons. The van der Waals surface area contributed by atoms with Gasteiger partial charge < -0.3 is 19.5 Å². The Labute approximate surface area is 154 Å². The van der Waals surface area contributed by atoms with Crippen molar-refractivity contribution in [2.45, 2.75) is 18.3 Å². The summed E-state index contributed by atoms with van der Waals surface area (Å²) in [5.41, 5.74) is 1.46. The number of ether oxygens (including phenoxy) is 2. The molecule has 26 heavy (non-hydrogen) atoms. The van der Waals surface area contributed by atoms with Crippen LogP contribution in [0.2, 0.25) is 0 Å². The zero-order valence-corrected chi connectivity index (χ0v) is 15.3. The normalized spacial score (nSPS) is 19.4. The fourth-order valence-electron chi connectivity index (χ4n) is 3.79. The minimum atomic E-state index is -0.211. The molecule has 1 amide bonds. The predicted octanol–water partition coefficient (Wildman–Crippen LogP) is 2.87. The van der Waals surface area contributed by atoms with Crippen molar-refractivity contribution in [1.82, 2.24) is 4.90 Å². The quantitative estimate of drug-likeness (QED) is 0.866. The van der Waals surface area contributed by atoms with Crippen LogP contribution >= 0.6 is 0 Å². The molecule has 5 heteroatoms. The molecule has 2 aromatic rings. The van der Waals surface area contributed by atoms with Crippen LogP contribution in [0.1, 0.15) is 28.8 Å². The number of hydrogen-bond donors (Lipinski definition) is 1. The number of amides is 1. The highest BCUT2D eigenvalue weighted by atomic mass is 16.5. The van der Waals surface area contributed by atoms with Crippen molar-refractivity contribution in [3.63, 3.8) is 0 Å². The van der Waals surface area contributed by atoms with Gasteiger partial charge in [-0.25, -0.2) is 0 Å². The lowest BCUT2D eigenvalue weighted by Gasteiger charge is -2.29. The van der Waals surface area contributed by atoms with Gasteiger partial charge in [-0.3, -0.25) is 4.79 Å². The molecule has 0 spiro atoms. The highest BCUT2D eigenvalue weighted by molar-refractivity contribution is 5.97. The van der Waals surface area contributed by atoms with Gasteiger partial charge in [-0.1, -0.05) is 30.3 Å². The van der Waals surface area contributed by atoms with E-state index in [1.54, 1.807) is 32.4 Å². The summed E-state index contributed by atoms with van der Waals surface area (Å²) in [6.07, 6.45) is 1.46. The minimum absolute atomic E-state index is 0.0727. The summed E-state index contributed by atoms with van der Waals surface area (Å²) in [4.78, 5) is 15.0. The third-order valence-electron chi connectivity index (χ3n) is 5.25. The van der Waals surface area contributed by atoms with Gasteiger partial charge in [0.1, 0.15) is 11.5 Å². The van der Waals surface area contributed by atoms with Crippen LogP contribution in [0.3, 0.4) is 0 Å². The van der Waals surface area contributed by atoms with E-state index in [9.17, 15) is 9.90 Å². The van der Waals surface area contributed by atoms with E-state index in [0.717, 1.165) is 6.42 Å². The first-order valence-electron chi connectivity index (χ1n) is 8.81. The van der Waals surface area contributed by atoms with E-state index in [2.05, 4.69) is 12.1 Å². The number of benzene rings is 2. The topological polar surface area (TPSA) is 59.0 Å². The fraction of sp³-hybridized carbons (Fsp3) is 0.381. The Hall–Kier alpha value is -2.53. The number of carbonyl (C=O) groups is 1. The zero-order valence-electron chi connectivity index (χ0n) is 15.3. The molecule has 1 unspecified atom stereocenters. The monoisotopic (exact) mass is 355 g/mol. The summed E-state index contributed by atoms with van der Waals surface area (Å²) >= 11 is 0. The Morgan fingerprint density at radius 2 is 1.92 bits per heavy atom. The molecule has 1 saturated heterocycles. The summed E-state index contributed by atoms with van der Waals surface area (Å²) in [5, 5.41) is 9.61. The standard InChI is InChI=1S/C21H25NO4/c1-25-17-8-9-19(26-2)18(14-17)20(24)22-12-10-21(15-22,11-13-23)16-6-4-3-5-7-16/h3-9,14,23H,10-13,15H2,1-2H3. The molecule has 0 aromatic heterocycles. The third-order valence-corrected chi connectivity index (χ3v) is 5.25.